The van der Waals surface area contributed by atoms with Crippen LogP contribution in [-0.4, -0.2) is 11.5 Å². The zero-order valence-electron chi connectivity index (χ0n) is 13.0. The highest BCUT2D eigenvalue weighted by atomic mass is 15.0. The summed E-state index contributed by atoms with van der Waals surface area (Å²) in [6.45, 7) is 12.0. The number of benzene rings is 1. The third kappa shape index (κ3) is 2.51. The molecule has 1 aromatic carbocycles. The van der Waals surface area contributed by atoms with Crippen LogP contribution in [0.4, 0.5) is 5.82 Å². The zero-order chi connectivity index (χ0) is 15.0. The van der Waals surface area contributed by atoms with Crippen molar-refractivity contribution >= 4 is 16.7 Å². The van der Waals surface area contributed by atoms with Crippen molar-refractivity contribution in [3.63, 3.8) is 0 Å². The van der Waals surface area contributed by atoms with E-state index in [0.29, 0.717) is 5.56 Å². The lowest BCUT2D eigenvalue weighted by molar-refractivity contribution is 0.148. The van der Waals surface area contributed by atoms with Crippen LogP contribution in [0.2, 0.25) is 0 Å². The van der Waals surface area contributed by atoms with Crippen molar-refractivity contribution in [3.8, 4) is 6.07 Å². The lowest BCUT2D eigenvalue weighted by Crippen LogP contribution is -2.36. The second kappa shape index (κ2) is 4.86. The van der Waals surface area contributed by atoms with Crippen molar-refractivity contribution < 1.29 is 0 Å². The van der Waals surface area contributed by atoms with Crippen molar-refractivity contribution in [2.75, 3.05) is 11.9 Å². The number of H-pyrrole nitrogens is 1. The number of nitrogens with zero attached hydrogens (tertiary/aromatic N) is 1. The van der Waals surface area contributed by atoms with E-state index >= 15 is 0 Å². The number of aromatic nitrogens is 1. The van der Waals surface area contributed by atoms with Gasteiger partial charge in [0.15, 0.2) is 0 Å². The quantitative estimate of drug-likeness (QED) is 0.860. The predicted molar refractivity (Wildman–Crippen MR) is 84.7 cm³/mol. The summed E-state index contributed by atoms with van der Waals surface area (Å²) in [4.78, 5) is 3.31. The van der Waals surface area contributed by atoms with E-state index in [1.54, 1.807) is 0 Å². The van der Waals surface area contributed by atoms with Gasteiger partial charge >= 0.3 is 0 Å². The van der Waals surface area contributed by atoms with Crippen molar-refractivity contribution in [1.82, 2.24) is 4.98 Å². The first-order valence-corrected chi connectivity index (χ1v) is 7.01. The van der Waals surface area contributed by atoms with Gasteiger partial charge in [0, 0.05) is 17.4 Å². The molecule has 0 amide bonds. The predicted octanol–water partition coefficient (Wildman–Crippen LogP) is 4.52. The molecule has 0 aliphatic rings. The summed E-state index contributed by atoms with van der Waals surface area (Å²) in [5.41, 5.74) is 2.01. The van der Waals surface area contributed by atoms with E-state index in [4.69, 9.17) is 0 Å². The average molecular weight is 269 g/mol. The first-order chi connectivity index (χ1) is 9.26. The fraction of sp³-hybridized carbons (Fsp3) is 0.471. The molecule has 0 spiro atoms. The largest absolute Gasteiger partial charge is 0.370 e. The molecule has 3 heteroatoms. The minimum Gasteiger partial charge on any atom is -0.370 e. The minimum absolute atomic E-state index is 0.122. The standard InChI is InChI=1S/C17H23N3/c1-16(2,3)17(4,5)11-19-15-13(10-18)12-8-6-7-9-14(12)20-15/h6-9,19-20H,11H2,1-5H3. The number of anilines is 1. The van der Waals surface area contributed by atoms with Gasteiger partial charge in [-0.15, -0.1) is 0 Å². The Morgan fingerprint density at radius 1 is 1.15 bits per heavy atom. The van der Waals surface area contributed by atoms with E-state index < -0.39 is 0 Å². The Morgan fingerprint density at radius 3 is 2.40 bits per heavy atom. The van der Waals surface area contributed by atoms with Crippen LogP contribution in [0.25, 0.3) is 10.9 Å². The molecule has 0 radical (unpaired) electrons. The fourth-order valence-electron chi connectivity index (χ4n) is 1.97. The second-order valence-electron chi connectivity index (χ2n) is 7.02. The lowest BCUT2D eigenvalue weighted by atomic mass is 9.69. The van der Waals surface area contributed by atoms with Gasteiger partial charge in [0.2, 0.25) is 0 Å². The Labute approximate surface area is 121 Å². The smallest absolute Gasteiger partial charge is 0.122 e. The van der Waals surface area contributed by atoms with Crippen LogP contribution >= 0.6 is 0 Å². The first kappa shape index (κ1) is 14.5. The molecule has 3 nitrogen and oxygen atoms in total. The highest BCUT2D eigenvalue weighted by Gasteiger charge is 2.32. The minimum atomic E-state index is 0.122. The molecule has 0 aliphatic carbocycles. The third-order valence-corrected chi connectivity index (χ3v) is 4.56. The summed E-state index contributed by atoms with van der Waals surface area (Å²) in [5.74, 6) is 0.825. The molecule has 0 fully saturated rings. The molecule has 2 rings (SSSR count). The van der Waals surface area contributed by atoms with Crippen LogP contribution in [0.3, 0.4) is 0 Å². The molecule has 0 unspecified atom stereocenters. The van der Waals surface area contributed by atoms with Gasteiger partial charge in [0.25, 0.3) is 0 Å². The molecule has 0 saturated carbocycles. The van der Waals surface area contributed by atoms with Crippen molar-refractivity contribution in [2.24, 2.45) is 10.8 Å². The average Bonchev–Trinajstić information content (AvgIpc) is 2.72. The van der Waals surface area contributed by atoms with Gasteiger partial charge in [0.1, 0.15) is 17.5 Å². The zero-order valence-corrected chi connectivity index (χ0v) is 13.0. The lowest BCUT2D eigenvalue weighted by Gasteiger charge is -2.39. The van der Waals surface area contributed by atoms with Crippen LogP contribution in [0, 0.1) is 22.2 Å². The van der Waals surface area contributed by atoms with Crippen molar-refractivity contribution in [3.05, 3.63) is 29.8 Å². The number of hydrogen-bond acceptors (Lipinski definition) is 2. The number of nitriles is 1. The van der Waals surface area contributed by atoms with E-state index in [1.165, 1.54) is 0 Å². The summed E-state index contributed by atoms with van der Waals surface area (Å²) in [6, 6.07) is 10.2. The highest BCUT2D eigenvalue weighted by Crippen LogP contribution is 2.38. The van der Waals surface area contributed by atoms with Gasteiger partial charge in [0.05, 0.1) is 0 Å². The highest BCUT2D eigenvalue weighted by molar-refractivity contribution is 5.91. The number of aromatic amines is 1. The summed E-state index contributed by atoms with van der Waals surface area (Å²) >= 11 is 0. The van der Waals surface area contributed by atoms with Crippen molar-refractivity contribution in [1.29, 1.82) is 5.26 Å². The summed E-state index contributed by atoms with van der Waals surface area (Å²) in [7, 11) is 0. The molecule has 0 atom stereocenters. The number of rotatable bonds is 3. The van der Waals surface area contributed by atoms with E-state index in [0.717, 1.165) is 23.3 Å². The molecule has 0 bridgehead atoms. The summed E-state index contributed by atoms with van der Waals surface area (Å²) in [6.07, 6.45) is 0. The molecule has 2 aromatic rings. The monoisotopic (exact) mass is 269 g/mol. The number of fused-ring (bicyclic) bond motifs is 1. The Balaban J connectivity index is 2.29. The molecule has 0 aliphatic heterocycles. The van der Waals surface area contributed by atoms with E-state index in [9.17, 15) is 5.26 Å². The van der Waals surface area contributed by atoms with Crippen LogP contribution in [0.5, 0.6) is 0 Å². The molecule has 20 heavy (non-hydrogen) atoms. The topological polar surface area (TPSA) is 51.6 Å². The van der Waals surface area contributed by atoms with E-state index in [1.807, 2.05) is 24.3 Å². The fourth-order valence-corrected chi connectivity index (χ4v) is 1.97. The van der Waals surface area contributed by atoms with Gasteiger partial charge in [-0.2, -0.15) is 5.26 Å². The molecule has 2 N–H and O–H groups in total. The Bertz CT molecular complexity index is 651. The summed E-state index contributed by atoms with van der Waals surface area (Å²) < 4.78 is 0. The number of hydrogen-bond donors (Lipinski definition) is 2. The van der Waals surface area contributed by atoms with Gasteiger partial charge in [-0.25, -0.2) is 0 Å². The normalized spacial score (nSPS) is 12.4. The van der Waals surface area contributed by atoms with Crippen LogP contribution in [0.15, 0.2) is 24.3 Å². The third-order valence-electron chi connectivity index (χ3n) is 4.56. The Hall–Kier alpha value is -1.95. The summed E-state index contributed by atoms with van der Waals surface area (Å²) in [5, 5.41) is 13.8. The molecule has 106 valence electrons. The maximum Gasteiger partial charge on any atom is 0.122 e. The molecule has 1 heterocycles. The molecule has 0 saturated heterocycles. The Kier molecular flexibility index (Phi) is 3.52. The van der Waals surface area contributed by atoms with Gasteiger partial charge in [-0.3, -0.25) is 0 Å². The van der Waals surface area contributed by atoms with Crippen LogP contribution in [-0.2, 0) is 0 Å². The van der Waals surface area contributed by atoms with Gasteiger partial charge < -0.3 is 10.3 Å². The number of para-hydroxylation sites is 1. The van der Waals surface area contributed by atoms with Gasteiger partial charge in [-0.05, 0) is 16.9 Å². The van der Waals surface area contributed by atoms with Crippen LogP contribution < -0.4 is 5.32 Å². The van der Waals surface area contributed by atoms with Gasteiger partial charge in [-0.1, -0.05) is 52.8 Å². The molecular formula is C17H23N3. The SMILES string of the molecule is CC(C)(C)C(C)(C)CNc1[nH]c2ccccc2c1C#N. The van der Waals surface area contributed by atoms with Crippen molar-refractivity contribution in [2.45, 2.75) is 34.6 Å². The van der Waals surface area contributed by atoms with E-state index in [2.05, 4.69) is 51.0 Å². The van der Waals surface area contributed by atoms with Crippen LogP contribution in [0.1, 0.15) is 40.2 Å². The molecule has 1 aromatic heterocycles. The maximum atomic E-state index is 9.38. The maximum absolute atomic E-state index is 9.38. The molecular weight excluding hydrogens is 246 g/mol. The number of nitrogens with one attached hydrogen (secondary N) is 2. The first-order valence-electron chi connectivity index (χ1n) is 7.01. The Morgan fingerprint density at radius 2 is 1.80 bits per heavy atom. The van der Waals surface area contributed by atoms with E-state index in [-0.39, 0.29) is 10.8 Å². The second-order valence-corrected chi connectivity index (χ2v) is 7.02.